The summed E-state index contributed by atoms with van der Waals surface area (Å²) in [6.45, 7) is 0. The van der Waals surface area contributed by atoms with E-state index in [0.29, 0.717) is 15.7 Å². The second-order valence-corrected chi connectivity index (χ2v) is 10.4. The monoisotopic (exact) mass is 476 g/mol. The normalized spacial score (nSPS) is 13.5. The first-order valence-corrected chi connectivity index (χ1v) is 12.8. The minimum atomic E-state index is -0.381. The number of nitrogens with zero attached hydrogens (tertiary/aromatic N) is 3. The first-order chi connectivity index (χ1) is 15.1. The van der Waals surface area contributed by atoms with Crippen LogP contribution in [0.4, 0.5) is 5.00 Å². The van der Waals surface area contributed by atoms with Crippen molar-refractivity contribution < 1.29 is 14.3 Å². The number of hydrogen-bond acceptors (Lipinski definition) is 8. The van der Waals surface area contributed by atoms with Crippen LogP contribution in [-0.2, 0) is 35.8 Å². The van der Waals surface area contributed by atoms with Gasteiger partial charge in [-0.3, -0.25) is 4.79 Å². The largest absolute Gasteiger partial charge is 0.465 e. The number of aryl methyl sites for hydroxylation is 1. The quantitative estimate of drug-likeness (QED) is 0.311. The highest BCUT2D eigenvalue weighted by Gasteiger charge is 2.26. The first kappa shape index (κ1) is 22.0. The maximum atomic E-state index is 12.7. The highest BCUT2D eigenvalue weighted by Crippen LogP contribution is 2.38. The molecule has 1 aliphatic rings. The molecule has 1 aliphatic carbocycles. The van der Waals surface area contributed by atoms with Gasteiger partial charge in [0.15, 0.2) is 5.16 Å². The maximum absolute atomic E-state index is 12.7. The van der Waals surface area contributed by atoms with Crippen molar-refractivity contribution in [2.24, 2.45) is 7.05 Å². The molecule has 10 heteroatoms. The molecule has 3 aromatic rings. The van der Waals surface area contributed by atoms with Gasteiger partial charge in [-0.1, -0.05) is 24.2 Å². The third-order valence-electron chi connectivity index (χ3n) is 5.23. The van der Waals surface area contributed by atoms with E-state index in [4.69, 9.17) is 4.74 Å². The molecule has 0 fully saturated rings. The summed E-state index contributed by atoms with van der Waals surface area (Å²) in [7, 11) is 3.29. The number of esters is 1. The molecule has 0 aromatic carbocycles. The molecule has 0 atom stereocenters. The van der Waals surface area contributed by atoms with Gasteiger partial charge in [-0.2, -0.15) is 0 Å². The summed E-state index contributed by atoms with van der Waals surface area (Å²) in [4.78, 5) is 27.5. The molecule has 164 valence electrons. The molecule has 7 nitrogen and oxygen atoms in total. The van der Waals surface area contributed by atoms with Crippen LogP contribution in [0, 0.1) is 0 Å². The number of thioether (sulfide) groups is 1. The lowest BCUT2D eigenvalue weighted by molar-refractivity contribution is -0.113. The number of rotatable bonds is 7. The number of ether oxygens (including phenoxy) is 1. The molecule has 0 aliphatic heterocycles. The number of thiophene rings is 2. The Bertz CT molecular complexity index is 1070. The van der Waals surface area contributed by atoms with Gasteiger partial charge in [-0.15, -0.1) is 32.9 Å². The number of amides is 1. The third kappa shape index (κ3) is 5.02. The number of nitrogens with one attached hydrogen (secondary N) is 1. The molecule has 1 N–H and O–H groups in total. The molecule has 0 bridgehead atoms. The smallest absolute Gasteiger partial charge is 0.341 e. The van der Waals surface area contributed by atoms with E-state index in [2.05, 4.69) is 21.6 Å². The van der Waals surface area contributed by atoms with Crippen LogP contribution in [0.3, 0.4) is 0 Å². The van der Waals surface area contributed by atoms with E-state index in [0.717, 1.165) is 49.9 Å². The number of anilines is 1. The molecule has 3 aromatic heterocycles. The number of hydrogen-bond donors (Lipinski definition) is 1. The van der Waals surface area contributed by atoms with Crippen molar-refractivity contribution in [1.82, 2.24) is 14.8 Å². The minimum absolute atomic E-state index is 0.172. The minimum Gasteiger partial charge on any atom is -0.465 e. The Labute approximate surface area is 193 Å². The van der Waals surface area contributed by atoms with E-state index in [1.165, 1.54) is 40.0 Å². The number of fused-ring (bicyclic) bond motifs is 1. The Balaban J connectivity index is 1.43. The van der Waals surface area contributed by atoms with Crippen LogP contribution in [0.5, 0.6) is 0 Å². The Morgan fingerprint density at radius 2 is 2.10 bits per heavy atom. The Kier molecular flexibility index (Phi) is 7.09. The van der Waals surface area contributed by atoms with Crippen LogP contribution in [-0.4, -0.2) is 39.5 Å². The summed E-state index contributed by atoms with van der Waals surface area (Å²) in [6, 6.07) is 4.09. The topological polar surface area (TPSA) is 86.1 Å². The lowest BCUT2D eigenvalue weighted by atomic mass is 10.1. The standard InChI is InChI=1S/C21H24N4O3S3/c1-25-16(11-13-7-6-10-29-13)23-24-21(25)30-12-17(26)22-19-18(20(27)28-2)14-8-4-3-5-9-15(14)31-19/h6-7,10H,3-5,8-9,11-12H2,1-2H3,(H,22,26). The predicted molar refractivity (Wildman–Crippen MR) is 124 cm³/mol. The molecule has 1 amide bonds. The van der Waals surface area contributed by atoms with Gasteiger partial charge in [0.1, 0.15) is 10.8 Å². The lowest BCUT2D eigenvalue weighted by Gasteiger charge is -2.07. The second-order valence-electron chi connectivity index (χ2n) is 7.31. The van der Waals surface area contributed by atoms with Crippen molar-refractivity contribution in [2.75, 3.05) is 18.2 Å². The van der Waals surface area contributed by atoms with Gasteiger partial charge < -0.3 is 14.6 Å². The Morgan fingerprint density at radius 3 is 2.87 bits per heavy atom. The zero-order chi connectivity index (χ0) is 21.8. The fraction of sp³-hybridized carbons (Fsp3) is 0.429. The summed E-state index contributed by atoms with van der Waals surface area (Å²) in [5.41, 5.74) is 1.57. The summed E-state index contributed by atoms with van der Waals surface area (Å²) >= 11 is 4.52. The van der Waals surface area contributed by atoms with Crippen LogP contribution in [0.15, 0.2) is 22.7 Å². The second kappa shape index (κ2) is 9.97. The molecule has 0 radical (unpaired) electrons. The number of carbonyl (C=O) groups excluding carboxylic acids is 2. The van der Waals surface area contributed by atoms with Gasteiger partial charge in [0.05, 0.1) is 18.4 Å². The summed E-state index contributed by atoms with van der Waals surface area (Å²) in [5, 5.41) is 14.8. The molecule has 4 rings (SSSR count). The van der Waals surface area contributed by atoms with Crippen molar-refractivity contribution in [3.8, 4) is 0 Å². The molecule has 31 heavy (non-hydrogen) atoms. The van der Waals surface area contributed by atoms with Crippen molar-refractivity contribution in [3.05, 3.63) is 44.2 Å². The highest BCUT2D eigenvalue weighted by molar-refractivity contribution is 7.99. The van der Waals surface area contributed by atoms with E-state index in [1.807, 2.05) is 23.1 Å². The van der Waals surface area contributed by atoms with Gasteiger partial charge in [-0.25, -0.2) is 4.79 Å². The molecule has 0 unspecified atom stereocenters. The fourth-order valence-corrected chi connectivity index (χ4v) is 6.36. The zero-order valence-corrected chi connectivity index (χ0v) is 19.9. The lowest BCUT2D eigenvalue weighted by Crippen LogP contribution is -2.16. The van der Waals surface area contributed by atoms with E-state index in [-0.39, 0.29) is 17.6 Å². The first-order valence-electron chi connectivity index (χ1n) is 10.1. The van der Waals surface area contributed by atoms with E-state index < -0.39 is 0 Å². The Morgan fingerprint density at radius 1 is 1.26 bits per heavy atom. The fourth-order valence-electron chi connectivity index (χ4n) is 3.64. The summed E-state index contributed by atoms with van der Waals surface area (Å²) < 4.78 is 6.93. The van der Waals surface area contributed by atoms with Crippen LogP contribution < -0.4 is 5.32 Å². The van der Waals surface area contributed by atoms with Gasteiger partial charge in [0.2, 0.25) is 5.91 Å². The van der Waals surface area contributed by atoms with Crippen LogP contribution in [0.2, 0.25) is 0 Å². The van der Waals surface area contributed by atoms with E-state index in [1.54, 1.807) is 11.3 Å². The molecule has 3 heterocycles. The zero-order valence-electron chi connectivity index (χ0n) is 17.5. The van der Waals surface area contributed by atoms with Gasteiger partial charge >= 0.3 is 5.97 Å². The maximum Gasteiger partial charge on any atom is 0.341 e. The van der Waals surface area contributed by atoms with Crippen molar-refractivity contribution in [2.45, 2.75) is 43.7 Å². The van der Waals surface area contributed by atoms with Gasteiger partial charge in [-0.05, 0) is 42.7 Å². The van der Waals surface area contributed by atoms with Crippen molar-refractivity contribution in [3.63, 3.8) is 0 Å². The molecule has 0 spiro atoms. The molecule has 0 saturated carbocycles. The number of methoxy groups -OCH3 is 1. The van der Waals surface area contributed by atoms with Crippen molar-refractivity contribution >= 4 is 51.3 Å². The SMILES string of the molecule is COC(=O)c1c(NC(=O)CSc2nnc(Cc3cccs3)n2C)sc2c1CCCCC2. The highest BCUT2D eigenvalue weighted by atomic mass is 32.2. The van der Waals surface area contributed by atoms with Crippen LogP contribution in [0.1, 0.15) is 50.8 Å². The van der Waals surface area contributed by atoms with Crippen LogP contribution in [0.25, 0.3) is 0 Å². The van der Waals surface area contributed by atoms with Gasteiger partial charge in [0, 0.05) is 23.2 Å². The van der Waals surface area contributed by atoms with E-state index >= 15 is 0 Å². The molecular weight excluding hydrogens is 452 g/mol. The predicted octanol–water partition coefficient (Wildman–Crippen LogP) is 4.32. The Hall–Kier alpha value is -2.17. The summed E-state index contributed by atoms with van der Waals surface area (Å²) in [5.74, 6) is 0.498. The third-order valence-corrected chi connectivity index (χ3v) is 8.34. The van der Waals surface area contributed by atoms with E-state index in [9.17, 15) is 9.59 Å². The van der Waals surface area contributed by atoms with Crippen LogP contribution >= 0.6 is 34.4 Å². The van der Waals surface area contributed by atoms with Crippen molar-refractivity contribution in [1.29, 1.82) is 0 Å². The summed E-state index contributed by atoms with van der Waals surface area (Å²) in [6.07, 6.45) is 5.84. The molecular formula is C21H24N4O3S3. The average molecular weight is 477 g/mol. The average Bonchev–Trinajstić information content (AvgIpc) is 3.43. The van der Waals surface area contributed by atoms with Gasteiger partial charge in [0.25, 0.3) is 0 Å². The molecule has 0 saturated heterocycles. The number of carbonyl (C=O) groups is 2. The number of aromatic nitrogens is 3.